The van der Waals surface area contributed by atoms with Gasteiger partial charge in [-0.1, -0.05) is 6.07 Å². The maximum atomic E-state index is 12.8. The Morgan fingerprint density at radius 2 is 1.96 bits per heavy atom. The van der Waals surface area contributed by atoms with Crippen LogP contribution in [0.25, 0.3) is 0 Å². The van der Waals surface area contributed by atoms with Gasteiger partial charge in [0.1, 0.15) is 12.2 Å². The van der Waals surface area contributed by atoms with Crippen LogP contribution in [0.3, 0.4) is 0 Å². The summed E-state index contributed by atoms with van der Waals surface area (Å²) in [5, 5.41) is 4.22. The van der Waals surface area contributed by atoms with Gasteiger partial charge < -0.3 is 4.90 Å². The molecule has 0 amide bonds. The van der Waals surface area contributed by atoms with Crippen LogP contribution in [-0.4, -0.2) is 47.1 Å². The Morgan fingerprint density at radius 3 is 2.72 bits per heavy atom. The number of benzene rings is 1. The van der Waals surface area contributed by atoms with Crippen molar-refractivity contribution in [3.05, 3.63) is 35.9 Å². The number of rotatable bonds is 5. The molecule has 1 aromatic heterocycles. The Bertz CT molecular complexity index is 871. The van der Waals surface area contributed by atoms with E-state index in [0.29, 0.717) is 24.5 Å². The van der Waals surface area contributed by atoms with Gasteiger partial charge in [-0.25, -0.2) is 18.1 Å². The van der Waals surface area contributed by atoms with Crippen molar-refractivity contribution in [2.24, 2.45) is 0 Å². The van der Waals surface area contributed by atoms with E-state index in [1.165, 1.54) is 5.56 Å². The molecule has 0 spiro atoms. The molecule has 2 aliphatic rings. The van der Waals surface area contributed by atoms with Gasteiger partial charge in [-0.3, -0.25) is 0 Å². The highest BCUT2D eigenvalue weighted by molar-refractivity contribution is 7.89. The number of hydrogen-bond donors (Lipinski definition) is 0. The average Bonchev–Trinajstić information content (AvgIpc) is 3.36. The van der Waals surface area contributed by atoms with Crippen LogP contribution in [0.1, 0.15) is 31.2 Å². The summed E-state index contributed by atoms with van der Waals surface area (Å²) in [6, 6.07) is 5.55. The summed E-state index contributed by atoms with van der Waals surface area (Å²) in [5.74, 6) is 0.906. The van der Waals surface area contributed by atoms with Crippen LogP contribution in [0.2, 0.25) is 0 Å². The van der Waals surface area contributed by atoms with E-state index in [1.807, 2.05) is 23.7 Å². The van der Waals surface area contributed by atoms with Gasteiger partial charge in [-0.05, 0) is 43.9 Å². The molecule has 7 nitrogen and oxygen atoms in total. The number of fused-ring (bicyclic) bond motifs is 1. The standard InChI is InChI=1S/C17H23N5O2S/c1-2-22-17(18-13-19-22)12-20-10-7-14-5-6-15(11-16(14)20)25(23,24)21-8-3-4-9-21/h5-6,11,13H,2-4,7-10,12H2,1H3. The molecule has 1 fully saturated rings. The van der Waals surface area contributed by atoms with Crippen LogP contribution in [0.5, 0.6) is 0 Å². The van der Waals surface area contributed by atoms with E-state index >= 15 is 0 Å². The molecule has 2 aromatic rings. The van der Waals surface area contributed by atoms with Crippen molar-refractivity contribution in [2.45, 2.75) is 44.2 Å². The fourth-order valence-corrected chi connectivity index (χ4v) is 5.21. The van der Waals surface area contributed by atoms with E-state index in [1.54, 1.807) is 16.7 Å². The number of aromatic nitrogens is 3. The number of aryl methyl sites for hydroxylation is 1. The predicted octanol–water partition coefficient (Wildman–Crippen LogP) is 1.65. The molecule has 8 heteroatoms. The van der Waals surface area contributed by atoms with E-state index in [9.17, 15) is 8.42 Å². The lowest BCUT2D eigenvalue weighted by Crippen LogP contribution is -2.28. The smallest absolute Gasteiger partial charge is 0.243 e. The van der Waals surface area contributed by atoms with E-state index in [0.717, 1.165) is 43.9 Å². The van der Waals surface area contributed by atoms with Crippen LogP contribution in [0, 0.1) is 0 Å². The number of anilines is 1. The van der Waals surface area contributed by atoms with Gasteiger partial charge in [-0.15, -0.1) is 0 Å². The number of sulfonamides is 1. The Kier molecular flexibility index (Phi) is 4.24. The molecule has 0 radical (unpaired) electrons. The van der Waals surface area contributed by atoms with Gasteiger partial charge in [0.2, 0.25) is 10.0 Å². The molecule has 0 saturated carbocycles. The highest BCUT2D eigenvalue weighted by Gasteiger charge is 2.29. The second-order valence-electron chi connectivity index (χ2n) is 6.57. The molecule has 25 heavy (non-hydrogen) atoms. The third-order valence-electron chi connectivity index (χ3n) is 5.08. The van der Waals surface area contributed by atoms with Gasteiger partial charge >= 0.3 is 0 Å². The van der Waals surface area contributed by atoms with Gasteiger partial charge in [-0.2, -0.15) is 9.40 Å². The summed E-state index contributed by atoms with van der Waals surface area (Å²) in [7, 11) is -3.39. The van der Waals surface area contributed by atoms with E-state index < -0.39 is 10.0 Å². The zero-order valence-corrected chi connectivity index (χ0v) is 15.2. The van der Waals surface area contributed by atoms with Crippen LogP contribution in [-0.2, 0) is 29.5 Å². The molecular weight excluding hydrogens is 338 g/mol. The first-order valence-electron chi connectivity index (χ1n) is 8.84. The summed E-state index contributed by atoms with van der Waals surface area (Å²) in [5.41, 5.74) is 2.20. The van der Waals surface area contributed by atoms with Crippen molar-refractivity contribution in [1.82, 2.24) is 19.1 Å². The highest BCUT2D eigenvalue weighted by Crippen LogP contribution is 2.33. The van der Waals surface area contributed by atoms with Gasteiger partial charge in [0.15, 0.2) is 0 Å². The molecule has 2 aliphatic heterocycles. The van der Waals surface area contributed by atoms with Gasteiger partial charge in [0.25, 0.3) is 0 Å². The summed E-state index contributed by atoms with van der Waals surface area (Å²) in [6.07, 6.45) is 4.40. The minimum absolute atomic E-state index is 0.400. The summed E-state index contributed by atoms with van der Waals surface area (Å²) in [6.45, 7) is 5.59. The molecule has 0 aliphatic carbocycles. The first kappa shape index (κ1) is 16.5. The Hall–Kier alpha value is -1.93. The lowest BCUT2D eigenvalue weighted by atomic mass is 10.2. The maximum Gasteiger partial charge on any atom is 0.243 e. The fraction of sp³-hybridized carbons (Fsp3) is 0.529. The summed E-state index contributed by atoms with van der Waals surface area (Å²) >= 11 is 0. The van der Waals surface area contributed by atoms with E-state index in [-0.39, 0.29) is 0 Å². The van der Waals surface area contributed by atoms with Crippen molar-refractivity contribution in [3.63, 3.8) is 0 Å². The Labute approximate surface area is 148 Å². The van der Waals surface area contributed by atoms with Crippen molar-refractivity contribution >= 4 is 15.7 Å². The van der Waals surface area contributed by atoms with Crippen LogP contribution >= 0.6 is 0 Å². The van der Waals surface area contributed by atoms with Crippen LogP contribution in [0.15, 0.2) is 29.4 Å². The second kappa shape index (κ2) is 6.42. The zero-order valence-electron chi connectivity index (χ0n) is 14.4. The molecule has 1 saturated heterocycles. The largest absolute Gasteiger partial charge is 0.363 e. The van der Waals surface area contributed by atoms with E-state index in [4.69, 9.17) is 0 Å². The van der Waals surface area contributed by atoms with Gasteiger partial charge in [0.05, 0.1) is 11.4 Å². The quantitative estimate of drug-likeness (QED) is 0.810. The monoisotopic (exact) mass is 361 g/mol. The zero-order chi connectivity index (χ0) is 17.4. The lowest BCUT2D eigenvalue weighted by molar-refractivity contribution is 0.477. The first-order valence-corrected chi connectivity index (χ1v) is 10.3. The summed E-state index contributed by atoms with van der Waals surface area (Å²) < 4.78 is 29.2. The molecular formula is C17H23N5O2S. The normalized spacial score (nSPS) is 18.0. The topological polar surface area (TPSA) is 71.3 Å². The molecule has 0 atom stereocenters. The SMILES string of the molecule is CCn1ncnc1CN1CCc2ccc(S(=O)(=O)N3CCCC3)cc21. The molecule has 0 unspecified atom stereocenters. The molecule has 134 valence electrons. The molecule has 1 aromatic carbocycles. The fourth-order valence-electron chi connectivity index (χ4n) is 3.67. The predicted molar refractivity (Wildman–Crippen MR) is 94.9 cm³/mol. The molecule has 3 heterocycles. The molecule has 0 bridgehead atoms. The van der Waals surface area contributed by atoms with Crippen molar-refractivity contribution in [3.8, 4) is 0 Å². The number of hydrogen-bond acceptors (Lipinski definition) is 5. The molecule has 0 N–H and O–H groups in total. The maximum absolute atomic E-state index is 12.8. The lowest BCUT2D eigenvalue weighted by Gasteiger charge is -2.21. The summed E-state index contributed by atoms with van der Waals surface area (Å²) in [4.78, 5) is 6.94. The Morgan fingerprint density at radius 1 is 1.16 bits per heavy atom. The number of nitrogens with zero attached hydrogens (tertiary/aromatic N) is 5. The minimum atomic E-state index is -3.39. The van der Waals surface area contributed by atoms with Crippen molar-refractivity contribution in [2.75, 3.05) is 24.5 Å². The van der Waals surface area contributed by atoms with Crippen LogP contribution in [0.4, 0.5) is 5.69 Å². The second-order valence-corrected chi connectivity index (χ2v) is 8.50. The minimum Gasteiger partial charge on any atom is -0.363 e. The third kappa shape index (κ3) is 2.93. The van der Waals surface area contributed by atoms with Crippen molar-refractivity contribution < 1.29 is 8.42 Å². The first-order chi connectivity index (χ1) is 12.1. The Balaban J connectivity index is 1.63. The van der Waals surface area contributed by atoms with Gasteiger partial charge in [0, 0.05) is 31.9 Å². The van der Waals surface area contributed by atoms with Crippen LogP contribution < -0.4 is 4.90 Å². The van der Waals surface area contributed by atoms with Crippen molar-refractivity contribution in [1.29, 1.82) is 0 Å². The average molecular weight is 361 g/mol. The third-order valence-corrected chi connectivity index (χ3v) is 6.97. The van der Waals surface area contributed by atoms with E-state index in [2.05, 4.69) is 15.0 Å². The highest BCUT2D eigenvalue weighted by atomic mass is 32.2. The molecule has 4 rings (SSSR count).